The van der Waals surface area contributed by atoms with Crippen molar-refractivity contribution in [3.05, 3.63) is 41.5 Å². The average Bonchev–Trinajstić information content (AvgIpc) is 2.66. The van der Waals surface area contributed by atoms with Gasteiger partial charge in [0.15, 0.2) is 5.96 Å². The van der Waals surface area contributed by atoms with Gasteiger partial charge in [-0.25, -0.2) is 4.79 Å². The molecule has 1 fully saturated rings. The quantitative estimate of drug-likeness (QED) is 0.484. The minimum Gasteiger partial charge on any atom is -0.388 e. The van der Waals surface area contributed by atoms with Gasteiger partial charge in [-0.15, -0.1) is 0 Å². The van der Waals surface area contributed by atoms with Crippen LogP contribution in [0.4, 0.5) is 4.79 Å². The van der Waals surface area contributed by atoms with Crippen molar-refractivity contribution >= 4 is 18.1 Å². The Morgan fingerprint density at radius 2 is 2.04 bits per heavy atom. The Balaban J connectivity index is 1.52. The second kappa shape index (κ2) is 8.57. The summed E-state index contributed by atoms with van der Waals surface area (Å²) in [7, 11) is 0. The fourth-order valence-electron chi connectivity index (χ4n) is 3.97. The molecule has 0 aromatic heterocycles. The number of urea groups is 1. The second-order valence-electron chi connectivity index (χ2n) is 7.77. The number of amides is 2. The monoisotopic (exact) mass is 370 g/mol. The zero-order valence-corrected chi connectivity index (χ0v) is 15.9. The maximum absolute atomic E-state index is 12.0. The molecule has 2 unspecified atom stereocenters. The van der Waals surface area contributed by atoms with Crippen LogP contribution in [0.25, 0.3) is 6.08 Å². The SMILES string of the molecule is CC1C=Cc2ccccc2C1CN=C(N)NC(=O)NCC1(O)CCCCC1. The number of guanidine groups is 1. The fourth-order valence-corrected chi connectivity index (χ4v) is 3.97. The van der Waals surface area contributed by atoms with E-state index in [-0.39, 0.29) is 18.4 Å². The molecular formula is C21H30N4O2. The van der Waals surface area contributed by atoms with Crippen molar-refractivity contribution in [1.82, 2.24) is 10.6 Å². The lowest BCUT2D eigenvalue weighted by Crippen LogP contribution is -2.50. The predicted molar refractivity (Wildman–Crippen MR) is 108 cm³/mol. The highest BCUT2D eigenvalue weighted by Crippen LogP contribution is 2.34. The molecule has 5 N–H and O–H groups in total. The standard InChI is InChI=1S/C21H30N4O2/c1-15-9-10-16-7-3-4-8-17(16)18(15)13-23-19(22)25-20(26)24-14-21(27)11-5-2-6-12-21/h3-4,7-10,15,18,27H,2,5-6,11-14H2,1H3,(H4,22,23,24,25,26). The summed E-state index contributed by atoms with van der Waals surface area (Å²) in [5.41, 5.74) is 7.57. The summed E-state index contributed by atoms with van der Waals surface area (Å²) in [6.45, 7) is 2.91. The van der Waals surface area contributed by atoms with Crippen LogP contribution in [0, 0.1) is 5.92 Å². The number of nitrogens with zero attached hydrogens (tertiary/aromatic N) is 1. The number of aliphatic hydroxyl groups is 1. The Labute approximate surface area is 160 Å². The average molecular weight is 370 g/mol. The highest BCUT2D eigenvalue weighted by molar-refractivity contribution is 5.95. The van der Waals surface area contributed by atoms with Crippen molar-refractivity contribution in [2.45, 2.75) is 50.5 Å². The molecular weight excluding hydrogens is 340 g/mol. The number of fused-ring (bicyclic) bond motifs is 1. The predicted octanol–water partition coefficient (Wildman–Crippen LogP) is 2.74. The normalized spacial score (nSPS) is 24.1. The third-order valence-corrected chi connectivity index (χ3v) is 5.67. The zero-order valence-electron chi connectivity index (χ0n) is 15.9. The van der Waals surface area contributed by atoms with E-state index in [1.165, 1.54) is 11.1 Å². The lowest BCUT2D eigenvalue weighted by Gasteiger charge is -2.32. The number of rotatable bonds is 4. The smallest absolute Gasteiger partial charge is 0.321 e. The highest BCUT2D eigenvalue weighted by atomic mass is 16.3. The molecule has 2 amide bonds. The number of aliphatic imine (C=N–C) groups is 1. The molecule has 146 valence electrons. The van der Waals surface area contributed by atoms with Crippen molar-refractivity contribution in [1.29, 1.82) is 0 Å². The van der Waals surface area contributed by atoms with Crippen LogP contribution in [0.2, 0.25) is 0 Å². The summed E-state index contributed by atoms with van der Waals surface area (Å²) in [5, 5.41) is 15.7. The number of nitrogens with two attached hydrogens (primary N) is 1. The molecule has 0 radical (unpaired) electrons. The Morgan fingerprint density at radius 3 is 2.81 bits per heavy atom. The summed E-state index contributed by atoms with van der Waals surface area (Å²) in [5.74, 6) is 0.686. The van der Waals surface area contributed by atoms with Crippen LogP contribution in [-0.2, 0) is 0 Å². The lowest BCUT2D eigenvalue weighted by atomic mass is 9.80. The second-order valence-corrected chi connectivity index (χ2v) is 7.77. The summed E-state index contributed by atoms with van der Waals surface area (Å²) in [6.07, 6.45) is 8.92. The van der Waals surface area contributed by atoms with Crippen LogP contribution in [0.5, 0.6) is 0 Å². The first-order chi connectivity index (χ1) is 13.0. The minimum absolute atomic E-state index is 0.0994. The first-order valence-corrected chi connectivity index (χ1v) is 9.81. The lowest BCUT2D eigenvalue weighted by molar-refractivity contribution is 0.00731. The van der Waals surface area contributed by atoms with Gasteiger partial charge >= 0.3 is 6.03 Å². The zero-order chi connectivity index (χ0) is 19.3. The molecule has 0 bridgehead atoms. The van der Waals surface area contributed by atoms with Gasteiger partial charge in [0.2, 0.25) is 0 Å². The van der Waals surface area contributed by atoms with E-state index < -0.39 is 11.6 Å². The largest absolute Gasteiger partial charge is 0.388 e. The molecule has 0 saturated heterocycles. The highest BCUT2D eigenvalue weighted by Gasteiger charge is 2.29. The molecule has 1 aromatic rings. The molecule has 27 heavy (non-hydrogen) atoms. The fraction of sp³-hybridized carbons (Fsp3) is 0.524. The molecule has 6 heteroatoms. The Bertz CT molecular complexity index is 723. The molecule has 0 heterocycles. The van der Waals surface area contributed by atoms with Gasteiger partial charge in [-0.1, -0.05) is 62.6 Å². The summed E-state index contributed by atoms with van der Waals surface area (Å²) in [6, 6.07) is 7.86. The topological polar surface area (TPSA) is 99.7 Å². The van der Waals surface area contributed by atoms with Crippen LogP contribution in [0.3, 0.4) is 0 Å². The molecule has 1 saturated carbocycles. The maximum atomic E-state index is 12.0. The third-order valence-electron chi connectivity index (χ3n) is 5.67. The number of carbonyl (C=O) groups is 1. The number of benzene rings is 1. The van der Waals surface area contributed by atoms with Crippen molar-refractivity contribution < 1.29 is 9.90 Å². The molecule has 2 aliphatic rings. The van der Waals surface area contributed by atoms with Crippen LogP contribution in [-0.4, -0.2) is 35.8 Å². The Kier molecular flexibility index (Phi) is 6.16. The molecule has 0 spiro atoms. The van der Waals surface area contributed by atoms with Gasteiger partial charge in [-0.3, -0.25) is 10.3 Å². The Hall–Kier alpha value is -2.34. The summed E-state index contributed by atoms with van der Waals surface area (Å²) < 4.78 is 0. The van der Waals surface area contributed by atoms with Gasteiger partial charge in [-0.05, 0) is 29.9 Å². The summed E-state index contributed by atoms with van der Waals surface area (Å²) >= 11 is 0. The van der Waals surface area contributed by atoms with Gasteiger partial charge < -0.3 is 16.2 Å². The first-order valence-electron chi connectivity index (χ1n) is 9.81. The number of hydrogen-bond donors (Lipinski definition) is 4. The van der Waals surface area contributed by atoms with Crippen LogP contribution < -0.4 is 16.4 Å². The number of carbonyl (C=O) groups excluding carboxylic acids is 1. The van der Waals surface area contributed by atoms with Crippen LogP contribution in [0.1, 0.15) is 56.1 Å². The van der Waals surface area contributed by atoms with Crippen molar-refractivity contribution in [3.63, 3.8) is 0 Å². The molecule has 2 atom stereocenters. The molecule has 0 aliphatic heterocycles. The van der Waals surface area contributed by atoms with Gasteiger partial charge in [0.05, 0.1) is 12.1 Å². The first kappa shape index (κ1) is 19.4. The van der Waals surface area contributed by atoms with E-state index in [1.54, 1.807) is 0 Å². The maximum Gasteiger partial charge on any atom is 0.321 e. The van der Waals surface area contributed by atoms with Gasteiger partial charge in [0.1, 0.15) is 0 Å². The van der Waals surface area contributed by atoms with Crippen molar-refractivity contribution in [3.8, 4) is 0 Å². The third kappa shape index (κ3) is 5.10. The van der Waals surface area contributed by atoms with E-state index in [0.29, 0.717) is 12.5 Å². The van der Waals surface area contributed by atoms with Gasteiger partial charge in [0, 0.05) is 12.5 Å². The number of nitrogens with one attached hydrogen (secondary N) is 2. The number of hydrogen-bond acceptors (Lipinski definition) is 3. The van der Waals surface area contributed by atoms with Crippen molar-refractivity contribution in [2.75, 3.05) is 13.1 Å². The van der Waals surface area contributed by atoms with Gasteiger partial charge in [0.25, 0.3) is 0 Å². The number of allylic oxidation sites excluding steroid dienone is 1. The molecule has 2 aliphatic carbocycles. The van der Waals surface area contributed by atoms with Crippen LogP contribution >= 0.6 is 0 Å². The summed E-state index contributed by atoms with van der Waals surface area (Å²) in [4.78, 5) is 16.4. The van der Waals surface area contributed by atoms with E-state index in [0.717, 1.165) is 32.1 Å². The minimum atomic E-state index is -0.797. The van der Waals surface area contributed by atoms with E-state index in [1.807, 2.05) is 12.1 Å². The van der Waals surface area contributed by atoms with Crippen LogP contribution in [0.15, 0.2) is 35.3 Å². The van der Waals surface area contributed by atoms with E-state index in [2.05, 4.69) is 46.8 Å². The van der Waals surface area contributed by atoms with E-state index >= 15 is 0 Å². The van der Waals surface area contributed by atoms with Crippen molar-refractivity contribution in [2.24, 2.45) is 16.6 Å². The molecule has 6 nitrogen and oxygen atoms in total. The molecule has 1 aromatic carbocycles. The van der Waals surface area contributed by atoms with E-state index in [9.17, 15) is 9.90 Å². The van der Waals surface area contributed by atoms with E-state index in [4.69, 9.17) is 5.73 Å². The van der Waals surface area contributed by atoms with Gasteiger partial charge in [-0.2, -0.15) is 0 Å². The Morgan fingerprint density at radius 1 is 1.30 bits per heavy atom. The molecule has 3 rings (SSSR count).